The highest BCUT2D eigenvalue weighted by molar-refractivity contribution is 4.94. The summed E-state index contributed by atoms with van der Waals surface area (Å²) >= 11 is 0. The van der Waals surface area contributed by atoms with Crippen LogP contribution in [0.4, 0.5) is 0 Å². The first-order valence-electron chi connectivity index (χ1n) is 4.46. The van der Waals surface area contributed by atoms with E-state index in [1.807, 2.05) is 0 Å². The highest BCUT2D eigenvalue weighted by Crippen LogP contribution is 2.28. The maximum absolute atomic E-state index is 9.39. The van der Waals surface area contributed by atoms with Crippen LogP contribution in [-0.2, 0) is 14.2 Å². The molecule has 0 aromatic rings. The molecule has 2 fully saturated rings. The van der Waals surface area contributed by atoms with Gasteiger partial charge in [-0.25, -0.2) is 0 Å². The smallest absolute Gasteiger partial charge is 0.115 e. The summed E-state index contributed by atoms with van der Waals surface area (Å²) in [6, 6.07) is 0. The van der Waals surface area contributed by atoms with Gasteiger partial charge in [-0.15, -0.1) is 0 Å². The number of fused-ring (bicyclic) bond motifs is 1. The van der Waals surface area contributed by atoms with Crippen molar-refractivity contribution in [3.63, 3.8) is 0 Å². The number of hydrogen-bond donors (Lipinski definition) is 2. The van der Waals surface area contributed by atoms with E-state index < -0.39 is 6.10 Å². The van der Waals surface area contributed by atoms with Gasteiger partial charge in [0.2, 0.25) is 0 Å². The first-order valence-corrected chi connectivity index (χ1v) is 4.46. The summed E-state index contributed by atoms with van der Waals surface area (Å²) in [6.45, 7) is 1.04. The van der Waals surface area contributed by atoms with Crippen LogP contribution in [0.25, 0.3) is 0 Å². The van der Waals surface area contributed by atoms with E-state index in [1.54, 1.807) is 0 Å². The largest absolute Gasteiger partial charge is 0.394 e. The Bertz CT molecular complexity index is 174. The Morgan fingerprint density at radius 2 is 2.00 bits per heavy atom. The molecule has 5 nitrogen and oxygen atoms in total. The fourth-order valence-electron chi connectivity index (χ4n) is 1.79. The first kappa shape index (κ1) is 9.36. The molecule has 0 radical (unpaired) electrons. The molecular weight excluding hydrogens is 176 g/mol. The summed E-state index contributed by atoms with van der Waals surface area (Å²) in [4.78, 5) is 0. The third-order valence-electron chi connectivity index (χ3n) is 2.41. The van der Waals surface area contributed by atoms with Crippen molar-refractivity contribution in [2.24, 2.45) is 0 Å². The first-order chi connectivity index (χ1) is 6.33. The fourth-order valence-corrected chi connectivity index (χ4v) is 1.79. The van der Waals surface area contributed by atoms with E-state index in [1.165, 1.54) is 0 Å². The summed E-state index contributed by atoms with van der Waals surface area (Å²) in [6.07, 6.45) is -1.09. The van der Waals surface area contributed by atoms with Crippen LogP contribution >= 0.6 is 0 Å². The standard InChI is InChI=1S/C8H14O5/c9-1-2-11-6-4-13-7-5(10)3-12-8(6)7/h5-10H,1-4H2/t5-,6+,7-,8-/m1/s1. The third kappa shape index (κ3) is 1.70. The minimum atomic E-state index is -0.535. The maximum atomic E-state index is 9.39. The van der Waals surface area contributed by atoms with E-state index in [0.29, 0.717) is 13.2 Å². The Morgan fingerprint density at radius 1 is 1.23 bits per heavy atom. The van der Waals surface area contributed by atoms with Crippen molar-refractivity contribution < 1.29 is 24.4 Å². The van der Waals surface area contributed by atoms with E-state index in [-0.39, 0.29) is 31.5 Å². The molecule has 2 rings (SSSR count). The number of ether oxygens (including phenoxy) is 3. The number of aliphatic hydroxyl groups is 2. The lowest BCUT2D eigenvalue weighted by atomic mass is 10.1. The van der Waals surface area contributed by atoms with Gasteiger partial charge in [-0.1, -0.05) is 0 Å². The van der Waals surface area contributed by atoms with Crippen LogP contribution in [0.5, 0.6) is 0 Å². The van der Waals surface area contributed by atoms with Gasteiger partial charge in [-0.05, 0) is 0 Å². The number of rotatable bonds is 3. The molecule has 0 unspecified atom stereocenters. The highest BCUT2D eigenvalue weighted by atomic mass is 16.6. The molecule has 4 atom stereocenters. The summed E-state index contributed by atoms with van der Waals surface area (Å²) < 4.78 is 15.9. The molecule has 0 bridgehead atoms. The van der Waals surface area contributed by atoms with Gasteiger partial charge in [0.25, 0.3) is 0 Å². The zero-order chi connectivity index (χ0) is 9.26. The second-order valence-corrected chi connectivity index (χ2v) is 3.30. The summed E-state index contributed by atoms with van der Waals surface area (Å²) in [7, 11) is 0. The lowest BCUT2D eigenvalue weighted by molar-refractivity contribution is -0.0454. The van der Waals surface area contributed by atoms with Crippen molar-refractivity contribution in [3.05, 3.63) is 0 Å². The molecule has 0 aromatic heterocycles. The van der Waals surface area contributed by atoms with Gasteiger partial charge < -0.3 is 24.4 Å². The third-order valence-corrected chi connectivity index (χ3v) is 2.41. The van der Waals surface area contributed by atoms with Crippen molar-refractivity contribution in [1.82, 2.24) is 0 Å². The lowest BCUT2D eigenvalue weighted by Crippen LogP contribution is -2.33. The number of hydrogen-bond acceptors (Lipinski definition) is 5. The second-order valence-electron chi connectivity index (χ2n) is 3.30. The molecule has 5 heteroatoms. The molecule has 2 aliphatic heterocycles. The minimum absolute atomic E-state index is 0.00353. The van der Waals surface area contributed by atoms with E-state index in [9.17, 15) is 5.11 Å². The molecule has 76 valence electrons. The Kier molecular flexibility index (Phi) is 2.80. The van der Waals surface area contributed by atoms with Crippen molar-refractivity contribution in [2.75, 3.05) is 26.4 Å². The molecule has 0 saturated carbocycles. The summed E-state index contributed by atoms with van der Waals surface area (Å²) in [5.74, 6) is 0. The average molecular weight is 190 g/mol. The predicted octanol–water partition coefficient (Wildman–Crippen LogP) is -1.48. The molecule has 0 aliphatic carbocycles. The monoisotopic (exact) mass is 190 g/mol. The van der Waals surface area contributed by atoms with Crippen molar-refractivity contribution in [2.45, 2.75) is 24.4 Å². The second kappa shape index (κ2) is 3.89. The van der Waals surface area contributed by atoms with Gasteiger partial charge in [0.05, 0.1) is 26.4 Å². The van der Waals surface area contributed by atoms with E-state index in [0.717, 1.165) is 0 Å². The average Bonchev–Trinajstić information content (AvgIpc) is 2.67. The molecule has 2 heterocycles. The zero-order valence-corrected chi connectivity index (χ0v) is 7.26. The molecule has 13 heavy (non-hydrogen) atoms. The molecule has 2 aliphatic rings. The lowest BCUT2D eigenvalue weighted by Gasteiger charge is -2.15. The fraction of sp³-hybridized carbons (Fsp3) is 1.00. The molecular formula is C8H14O5. The number of aliphatic hydroxyl groups excluding tert-OH is 2. The maximum Gasteiger partial charge on any atom is 0.115 e. The molecule has 2 N–H and O–H groups in total. The Labute approximate surface area is 76.2 Å². The Balaban J connectivity index is 1.87. The minimum Gasteiger partial charge on any atom is -0.394 e. The zero-order valence-electron chi connectivity index (χ0n) is 7.26. The molecule has 0 amide bonds. The van der Waals surface area contributed by atoms with E-state index >= 15 is 0 Å². The van der Waals surface area contributed by atoms with Crippen molar-refractivity contribution in [1.29, 1.82) is 0 Å². The van der Waals surface area contributed by atoms with Crippen LogP contribution in [0, 0.1) is 0 Å². The van der Waals surface area contributed by atoms with Crippen molar-refractivity contribution in [3.8, 4) is 0 Å². The van der Waals surface area contributed by atoms with Crippen LogP contribution in [0.2, 0.25) is 0 Å². The van der Waals surface area contributed by atoms with E-state index in [4.69, 9.17) is 19.3 Å². The van der Waals surface area contributed by atoms with Gasteiger partial charge in [-0.2, -0.15) is 0 Å². The Hall–Kier alpha value is -0.200. The van der Waals surface area contributed by atoms with Gasteiger partial charge in [-0.3, -0.25) is 0 Å². The van der Waals surface area contributed by atoms with Crippen LogP contribution in [0.1, 0.15) is 0 Å². The van der Waals surface area contributed by atoms with Crippen molar-refractivity contribution >= 4 is 0 Å². The Morgan fingerprint density at radius 3 is 2.77 bits per heavy atom. The van der Waals surface area contributed by atoms with Crippen LogP contribution in [0.15, 0.2) is 0 Å². The molecule has 0 spiro atoms. The van der Waals surface area contributed by atoms with Crippen LogP contribution < -0.4 is 0 Å². The SMILES string of the molecule is OCCO[C@H]1CO[C@H]2[C@@H]1OC[C@H]2O. The predicted molar refractivity (Wildman–Crippen MR) is 42.3 cm³/mol. The van der Waals surface area contributed by atoms with Crippen LogP contribution in [-0.4, -0.2) is 61.1 Å². The van der Waals surface area contributed by atoms with Gasteiger partial charge in [0.1, 0.15) is 24.4 Å². The quantitative estimate of drug-likeness (QED) is 0.568. The summed E-state index contributed by atoms with van der Waals surface area (Å²) in [5.41, 5.74) is 0. The van der Waals surface area contributed by atoms with Crippen LogP contribution in [0.3, 0.4) is 0 Å². The normalized spacial score (nSPS) is 43.8. The van der Waals surface area contributed by atoms with E-state index in [2.05, 4.69) is 0 Å². The van der Waals surface area contributed by atoms with Gasteiger partial charge in [0, 0.05) is 0 Å². The summed E-state index contributed by atoms with van der Waals surface area (Å²) in [5, 5.41) is 18.0. The topological polar surface area (TPSA) is 68.2 Å². The highest BCUT2D eigenvalue weighted by Gasteiger charge is 2.47. The van der Waals surface area contributed by atoms with Gasteiger partial charge >= 0.3 is 0 Å². The van der Waals surface area contributed by atoms with Gasteiger partial charge in [0.15, 0.2) is 0 Å². The molecule has 2 saturated heterocycles. The molecule has 0 aromatic carbocycles.